The van der Waals surface area contributed by atoms with E-state index in [9.17, 15) is 4.79 Å². The van der Waals surface area contributed by atoms with E-state index in [0.717, 1.165) is 32.5 Å². The summed E-state index contributed by atoms with van der Waals surface area (Å²) in [7, 11) is 0. The van der Waals surface area contributed by atoms with Crippen molar-refractivity contribution in [2.45, 2.75) is 46.0 Å². The first-order chi connectivity index (χ1) is 7.41. The molecule has 0 aromatic carbocycles. The lowest BCUT2D eigenvalue weighted by Gasteiger charge is -2.39. The summed E-state index contributed by atoms with van der Waals surface area (Å²) in [5.74, 6) is -0.631. The zero-order chi connectivity index (χ0) is 11.8. The summed E-state index contributed by atoms with van der Waals surface area (Å²) in [6, 6.07) is 0. The molecule has 1 N–H and O–H groups in total. The molecular formula is C13H23NO2. The van der Waals surface area contributed by atoms with E-state index >= 15 is 0 Å². The Morgan fingerprint density at radius 3 is 2.50 bits per heavy atom. The van der Waals surface area contributed by atoms with Crippen LogP contribution in [0, 0.1) is 10.8 Å². The zero-order valence-corrected chi connectivity index (χ0v) is 10.5. The minimum Gasteiger partial charge on any atom is -0.481 e. The molecular weight excluding hydrogens is 202 g/mol. The van der Waals surface area contributed by atoms with Crippen LogP contribution in [0.25, 0.3) is 0 Å². The first-order valence-electron chi connectivity index (χ1n) is 6.35. The number of likely N-dealkylation sites (tertiary alicyclic amines) is 1. The van der Waals surface area contributed by atoms with Crippen molar-refractivity contribution in [2.24, 2.45) is 10.8 Å². The summed E-state index contributed by atoms with van der Waals surface area (Å²) >= 11 is 0. The molecule has 2 aliphatic rings. The zero-order valence-electron chi connectivity index (χ0n) is 10.5. The van der Waals surface area contributed by atoms with Crippen molar-refractivity contribution in [3.63, 3.8) is 0 Å². The van der Waals surface area contributed by atoms with Crippen molar-refractivity contribution >= 4 is 5.97 Å². The van der Waals surface area contributed by atoms with Gasteiger partial charge in [-0.15, -0.1) is 0 Å². The maximum Gasteiger partial charge on any atom is 0.303 e. The molecule has 0 radical (unpaired) electrons. The number of aliphatic carboxylic acids is 1. The SMILES string of the molecule is CC1(C)CCCN(CC2(CC(=O)O)CC2)C1. The molecule has 0 aromatic rings. The second-order valence-corrected chi connectivity index (χ2v) is 6.55. The maximum absolute atomic E-state index is 10.8. The molecule has 1 aliphatic carbocycles. The number of nitrogens with zero attached hydrogens (tertiary/aromatic N) is 1. The lowest BCUT2D eigenvalue weighted by Crippen LogP contribution is -2.43. The number of carboxylic acids is 1. The van der Waals surface area contributed by atoms with Gasteiger partial charge in [-0.25, -0.2) is 0 Å². The van der Waals surface area contributed by atoms with Crippen LogP contribution < -0.4 is 0 Å². The Bertz CT molecular complexity index is 282. The first-order valence-corrected chi connectivity index (χ1v) is 6.35. The molecule has 1 aliphatic heterocycles. The maximum atomic E-state index is 10.8. The van der Waals surface area contributed by atoms with Gasteiger partial charge >= 0.3 is 5.97 Å². The molecule has 2 fully saturated rings. The van der Waals surface area contributed by atoms with Crippen molar-refractivity contribution in [1.82, 2.24) is 4.90 Å². The van der Waals surface area contributed by atoms with Crippen LogP contribution in [-0.2, 0) is 4.79 Å². The Morgan fingerprint density at radius 1 is 1.31 bits per heavy atom. The molecule has 92 valence electrons. The third-order valence-electron chi connectivity index (χ3n) is 4.02. The molecule has 3 heteroatoms. The lowest BCUT2D eigenvalue weighted by atomic mass is 9.83. The predicted octanol–water partition coefficient (Wildman–Crippen LogP) is 2.36. The van der Waals surface area contributed by atoms with Crippen LogP contribution in [0.2, 0.25) is 0 Å². The number of rotatable bonds is 4. The van der Waals surface area contributed by atoms with Gasteiger partial charge in [-0.05, 0) is 43.1 Å². The number of carbonyl (C=O) groups is 1. The third kappa shape index (κ3) is 2.97. The average Bonchev–Trinajstić information content (AvgIpc) is 2.81. The van der Waals surface area contributed by atoms with Crippen molar-refractivity contribution in [3.8, 4) is 0 Å². The molecule has 2 rings (SSSR count). The highest BCUT2D eigenvalue weighted by molar-refractivity contribution is 5.68. The van der Waals surface area contributed by atoms with Crippen LogP contribution >= 0.6 is 0 Å². The quantitative estimate of drug-likeness (QED) is 0.798. The minimum atomic E-state index is -0.631. The van der Waals surface area contributed by atoms with E-state index < -0.39 is 5.97 Å². The number of hydrogen-bond acceptors (Lipinski definition) is 2. The minimum absolute atomic E-state index is 0.124. The molecule has 0 aromatic heterocycles. The summed E-state index contributed by atoms with van der Waals surface area (Å²) in [5, 5.41) is 8.90. The summed E-state index contributed by atoms with van der Waals surface area (Å²) in [4.78, 5) is 13.3. The van der Waals surface area contributed by atoms with Crippen molar-refractivity contribution < 1.29 is 9.90 Å². The van der Waals surface area contributed by atoms with Gasteiger partial charge in [0.2, 0.25) is 0 Å². The van der Waals surface area contributed by atoms with Gasteiger partial charge in [0.1, 0.15) is 0 Å². The molecule has 16 heavy (non-hydrogen) atoms. The van der Waals surface area contributed by atoms with Crippen molar-refractivity contribution in [1.29, 1.82) is 0 Å². The molecule has 0 atom stereocenters. The summed E-state index contributed by atoms with van der Waals surface area (Å²) in [6.07, 6.45) is 5.14. The largest absolute Gasteiger partial charge is 0.481 e. The van der Waals surface area contributed by atoms with Crippen LogP contribution in [0.5, 0.6) is 0 Å². The Kier molecular flexibility index (Phi) is 2.99. The molecule has 1 saturated heterocycles. The molecule has 0 amide bonds. The highest BCUT2D eigenvalue weighted by Gasteiger charge is 2.46. The number of hydrogen-bond donors (Lipinski definition) is 1. The second-order valence-electron chi connectivity index (χ2n) is 6.55. The van der Waals surface area contributed by atoms with Crippen LogP contribution in [0.4, 0.5) is 0 Å². The van der Waals surface area contributed by atoms with Gasteiger partial charge in [0.15, 0.2) is 0 Å². The molecule has 1 saturated carbocycles. The first kappa shape index (κ1) is 11.9. The summed E-state index contributed by atoms with van der Waals surface area (Å²) in [5.41, 5.74) is 0.538. The predicted molar refractivity (Wildman–Crippen MR) is 63.4 cm³/mol. The van der Waals surface area contributed by atoms with E-state index in [0.29, 0.717) is 11.8 Å². The van der Waals surface area contributed by atoms with Gasteiger partial charge in [-0.3, -0.25) is 4.79 Å². The van der Waals surface area contributed by atoms with E-state index in [1.165, 1.54) is 12.8 Å². The average molecular weight is 225 g/mol. The smallest absolute Gasteiger partial charge is 0.303 e. The van der Waals surface area contributed by atoms with E-state index in [2.05, 4.69) is 18.7 Å². The van der Waals surface area contributed by atoms with Crippen LogP contribution in [0.1, 0.15) is 46.0 Å². The van der Waals surface area contributed by atoms with Crippen molar-refractivity contribution in [2.75, 3.05) is 19.6 Å². The normalized spacial score (nSPS) is 27.6. The monoisotopic (exact) mass is 225 g/mol. The number of carboxylic acid groups (broad SMARTS) is 1. The fourth-order valence-electron chi connectivity index (χ4n) is 3.04. The van der Waals surface area contributed by atoms with E-state index in [1.54, 1.807) is 0 Å². The Balaban J connectivity index is 1.87. The second kappa shape index (κ2) is 4.02. The number of piperidine rings is 1. The Labute approximate surface area is 97.8 Å². The topological polar surface area (TPSA) is 40.5 Å². The van der Waals surface area contributed by atoms with Crippen LogP contribution in [-0.4, -0.2) is 35.6 Å². The van der Waals surface area contributed by atoms with Crippen LogP contribution in [0.15, 0.2) is 0 Å². The molecule has 1 heterocycles. The molecule has 0 spiro atoms. The van der Waals surface area contributed by atoms with Crippen molar-refractivity contribution in [3.05, 3.63) is 0 Å². The molecule has 0 unspecified atom stereocenters. The van der Waals surface area contributed by atoms with E-state index in [4.69, 9.17) is 5.11 Å². The molecule has 3 nitrogen and oxygen atoms in total. The van der Waals surface area contributed by atoms with Crippen LogP contribution in [0.3, 0.4) is 0 Å². The lowest BCUT2D eigenvalue weighted by molar-refractivity contribution is -0.138. The van der Waals surface area contributed by atoms with Gasteiger partial charge in [0.05, 0.1) is 6.42 Å². The fourth-order valence-corrected chi connectivity index (χ4v) is 3.04. The van der Waals surface area contributed by atoms with E-state index in [1.807, 2.05) is 0 Å². The van der Waals surface area contributed by atoms with E-state index in [-0.39, 0.29) is 5.41 Å². The highest BCUT2D eigenvalue weighted by Crippen LogP contribution is 2.50. The highest BCUT2D eigenvalue weighted by atomic mass is 16.4. The fraction of sp³-hybridized carbons (Fsp3) is 0.923. The molecule has 0 bridgehead atoms. The third-order valence-corrected chi connectivity index (χ3v) is 4.02. The van der Waals surface area contributed by atoms with Gasteiger partial charge in [-0.2, -0.15) is 0 Å². The standard InChI is InChI=1S/C13H23NO2/c1-12(2)4-3-7-14(9-12)10-13(5-6-13)8-11(15)16/h3-10H2,1-2H3,(H,15,16). The Morgan fingerprint density at radius 2 is 2.00 bits per heavy atom. The summed E-state index contributed by atoms with van der Waals surface area (Å²) < 4.78 is 0. The van der Waals surface area contributed by atoms with Gasteiger partial charge in [0, 0.05) is 13.1 Å². The van der Waals surface area contributed by atoms with Gasteiger partial charge in [0.25, 0.3) is 0 Å². The van der Waals surface area contributed by atoms with Gasteiger partial charge < -0.3 is 10.0 Å². The van der Waals surface area contributed by atoms with Gasteiger partial charge in [-0.1, -0.05) is 13.8 Å². The Hall–Kier alpha value is -0.570. The summed E-state index contributed by atoms with van der Waals surface area (Å²) in [6.45, 7) is 7.92.